The highest BCUT2D eigenvalue weighted by Crippen LogP contribution is 2.19. The standard InChI is InChI=1S/C16H19FN4O2/c17-13-4-2-1-3-12(13)15(22)9-18-16(23)20-11-5-6-14-10(7-11)8-19-21-14/h1-4,8,11,15,22H,5-7,9H2,(H,19,21)(H2,18,20,23). The molecule has 0 fully saturated rings. The van der Waals surface area contributed by atoms with Crippen LogP contribution in [0.3, 0.4) is 0 Å². The number of fused-ring (bicyclic) bond motifs is 1. The minimum atomic E-state index is -1.08. The van der Waals surface area contributed by atoms with Crippen molar-refractivity contribution >= 4 is 6.03 Å². The maximum atomic E-state index is 13.6. The summed E-state index contributed by atoms with van der Waals surface area (Å²) in [5.41, 5.74) is 2.42. The molecule has 23 heavy (non-hydrogen) atoms. The van der Waals surface area contributed by atoms with E-state index in [1.807, 2.05) is 0 Å². The van der Waals surface area contributed by atoms with Crippen LogP contribution >= 0.6 is 0 Å². The van der Waals surface area contributed by atoms with E-state index in [9.17, 15) is 14.3 Å². The number of aliphatic hydroxyl groups excluding tert-OH is 1. The van der Waals surface area contributed by atoms with Crippen molar-refractivity contribution in [3.8, 4) is 0 Å². The summed E-state index contributed by atoms with van der Waals surface area (Å²) >= 11 is 0. The largest absolute Gasteiger partial charge is 0.386 e. The molecule has 122 valence electrons. The summed E-state index contributed by atoms with van der Waals surface area (Å²) in [6.07, 6.45) is 3.11. The minimum Gasteiger partial charge on any atom is -0.386 e. The van der Waals surface area contributed by atoms with Gasteiger partial charge >= 0.3 is 6.03 Å². The van der Waals surface area contributed by atoms with Gasteiger partial charge in [0.05, 0.1) is 12.3 Å². The summed E-state index contributed by atoms with van der Waals surface area (Å²) in [5.74, 6) is -0.484. The first-order chi connectivity index (χ1) is 11.1. The van der Waals surface area contributed by atoms with Crippen molar-refractivity contribution in [2.75, 3.05) is 6.54 Å². The van der Waals surface area contributed by atoms with Crippen LogP contribution in [0.5, 0.6) is 0 Å². The number of aromatic nitrogens is 2. The molecule has 0 bridgehead atoms. The molecule has 0 spiro atoms. The van der Waals surface area contributed by atoms with E-state index in [-0.39, 0.29) is 24.2 Å². The number of H-pyrrole nitrogens is 1. The molecule has 0 saturated carbocycles. The number of aromatic amines is 1. The number of halogens is 1. The first-order valence-electron chi connectivity index (χ1n) is 7.61. The van der Waals surface area contributed by atoms with E-state index in [0.717, 1.165) is 30.5 Å². The van der Waals surface area contributed by atoms with E-state index in [1.54, 1.807) is 18.3 Å². The summed E-state index contributed by atoms with van der Waals surface area (Å²) in [4.78, 5) is 11.9. The lowest BCUT2D eigenvalue weighted by atomic mass is 9.94. The first-order valence-corrected chi connectivity index (χ1v) is 7.61. The van der Waals surface area contributed by atoms with Crippen LogP contribution in [0.1, 0.15) is 29.3 Å². The number of benzene rings is 1. The molecule has 6 nitrogen and oxygen atoms in total. The Balaban J connectivity index is 1.48. The summed E-state index contributed by atoms with van der Waals surface area (Å²) in [6.45, 7) is -0.0452. The third-order valence-corrected chi connectivity index (χ3v) is 4.07. The van der Waals surface area contributed by atoms with Crippen molar-refractivity contribution in [2.45, 2.75) is 31.4 Å². The van der Waals surface area contributed by atoms with Crippen molar-refractivity contribution < 1.29 is 14.3 Å². The lowest BCUT2D eigenvalue weighted by Crippen LogP contribution is -2.45. The number of urea groups is 1. The zero-order valence-corrected chi connectivity index (χ0v) is 12.6. The third kappa shape index (κ3) is 3.68. The van der Waals surface area contributed by atoms with Gasteiger partial charge in [-0.1, -0.05) is 18.2 Å². The van der Waals surface area contributed by atoms with Crippen molar-refractivity contribution in [3.05, 3.63) is 53.1 Å². The zero-order valence-electron chi connectivity index (χ0n) is 12.6. The number of carbonyl (C=O) groups is 1. The molecule has 0 saturated heterocycles. The second-order valence-electron chi connectivity index (χ2n) is 5.71. The second-order valence-corrected chi connectivity index (χ2v) is 5.71. The number of rotatable bonds is 4. The Labute approximate surface area is 133 Å². The van der Waals surface area contributed by atoms with E-state index in [0.29, 0.717) is 0 Å². The Morgan fingerprint density at radius 2 is 2.30 bits per heavy atom. The molecule has 0 aliphatic heterocycles. The molecule has 7 heteroatoms. The molecule has 2 unspecified atom stereocenters. The summed E-state index contributed by atoms with van der Waals surface area (Å²) < 4.78 is 13.6. The molecule has 1 heterocycles. The number of nitrogens with one attached hydrogen (secondary N) is 3. The van der Waals surface area contributed by atoms with E-state index in [1.165, 1.54) is 12.1 Å². The van der Waals surface area contributed by atoms with Gasteiger partial charge in [-0.2, -0.15) is 5.10 Å². The predicted octanol–water partition coefficient (Wildman–Crippen LogP) is 1.44. The number of hydrogen-bond acceptors (Lipinski definition) is 3. The molecular weight excluding hydrogens is 299 g/mol. The Hall–Kier alpha value is -2.41. The summed E-state index contributed by atoms with van der Waals surface area (Å²) in [5, 5.41) is 22.4. The van der Waals surface area contributed by atoms with Crippen LogP contribution in [0.25, 0.3) is 0 Å². The van der Waals surface area contributed by atoms with Crippen molar-refractivity contribution in [3.63, 3.8) is 0 Å². The van der Waals surface area contributed by atoms with Crippen LogP contribution in [0, 0.1) is 5.82 Å². The van der Waals surface area contributed by atoms with Crippen molar-refractivity contribution in [1.82, 2.24) is 20.8 Å². The SMILES string of the molecule is O=C(NCC(O)c1ccccc1F)NC1CCc2[nH]ncc2C1. The number of aryl methyl sites for hydroxylation is 1. The topological polar surface area (TPSA) is 90.0 Å². The second kappa shape index (κ2) is 6.78. The van der Waals surface area contributed by atoms with Gasteiger partial charge < -0.3 is 15.7 Å². The van der Waals surface area contributed by atoms with Crippen LogP contribution in [0.4, 0.5) is 9.18 Å². The normalized spacial score (nSPS) is 18.1. The van der Waals surface area contributed by atoms with Gasteiger partial charge in [-0.15, -0.1) is 0 Å². The molecule has 1 aliphatic carbocycles. The van der Waals surface area contributed by atoms with Gasteiger partial charge in [0, 0.05) is 23.8 Å². The lowest BCUT2D eigenvalue weighted by molar-refractivity contribution is 0.168. The molecule has 2 atom stereocenters. The predicted molar refractivity (Wildman–Crippen MR) is 82.3 cm³/mol. The van der Waals surface area contributed by atoms with Crippen LogP contribution in [-0.2, 0) is 12.8 Å². The molecule has 1 aliphatic rings. The van der Waals surface area contributed by atoms with Crippen LogP contribution in [-0.4, -0.2) is 33.9 Å². The van der Waals surface area contributed by atoms with Crippen LogP contribution in [0.15, 0.2) is 30.5 Å². The number of hydrogen-bond donors (Lipinski definition) is 4. The Bertz CT molecular complexity index is 688. The fourth-order valence-corrected chi connectivity index (χ4v) is 2.82. The van der Waals surface area contributed by atoms with Gasteiger partial charge in [-0.05, 0) is 30.9 Å². The van der Waals surface area contributed by atoms with E-state index in [2.05, 4.69) is 20.8 Å². The number of aliphatic hydroxyl groups is 1. The fourth-order valence-electron chi connectivity index (χ4n) is 2.82. The maximum absolute atomic E-state index is 13.6. The first kappa shape index (κ1) is 15.5. The molecule has 4 N–H and O–H groups in total. The van der Waals surface area contributed by atoms with Gasteiger partial charge in [0.15, 0.2) is 0 Å². The molecule has 1 aromatic heterocycles. The van der Waals surface area contributed by atoms with Crippen molar-refractivity contribution in [1.29, 1.82) is 0 Å². The van der Waals surface area contributed by atoms with Gasteiger partial charge in [0.25, 0.3) is 0 Å². The van der Waals surface area contributed by atoms with Gasteiger partial charge in [-0.25, -0.2) is 9.18 Å². The van der Waals surface area contributed by atoms with Crippen LogP contribution < -0.4 is 10.6 Å². The highest BCUT2D eigenvalue weighted by Gasteiger charge is 2.22. The maximum Gasteiger partial charge on any atom is 0.315 e. The fraction of sp³-hybridized carbons (Fsp3) is 0.375. The quantitative estimate of drug-likeness (QED) is 0.687. The van der Waals surface area contributed by atoms with Crippen LogP contribution in [0.2, 0.25) is 0 Å². The third-order valence-electron chi connectivity index (χ3n) is 4.07. The summed E-state index contributed by atoms with van der Waals surface area (Å²) in [6, 6.07) is 5.65. The van der Waals surface area contributed by atoms with Gasteiger partial charge in [0.1, 0.15) is 5.82 Å². The highest BCUT2D eigenvalue weighted by molar-refractivity contribution is 5.74. The average Bonchev–Trinajstić information content (AvgIpc) is 3.01. The van der Waals surface area contributed by atoms with Gasteiger partial charge in [-0.3, -0.25) is 5.10 Å². The van der Waals surface area contributed by atoms with E-state index < -0.39 is 11.9 Å². The zero-order chi connectivity index (χ0) is 16.2. The molecule has 0 radical (unpaired) electrons. The monoisotopic (exact) mass is 318 g/mol. The Morgan fingerprint density at radius 1 is 1.48 bits per heavy atom. The number of nitrogens with zero attached hydrogens (tertiary/aromatic N) is 1. The average molecular weight is 318 g/mol. The summed E-state index contributed by atoms with van der Waals surface area (Å²) in [7, 11) is 0. The Kier molecular flexibility index (Phi) is 4.57. The molecule has 3 rings (SSSR count). The number of amides is 2. The lowest BCUT2D eigenvalue weighted by Gasteiger charge is -2.23. The van der Waals surface area contributed by atoms with Gasteiger partial charge in [0.2, 0.25) is 0 Å². The molecule has 1 aromatic carbocycles. The molecule has 2 aromatic rings. The number of carbonyl (C=O) groups excluding carboxylic acids is 1. The van der Waals surface area contributed by atoms with Crippen molar-refractivity contribution in [2.24, 2.45) is 0 Å². The Morgan fingerprint density at radius 3 is 3.13 bits per heavy atom. The minimum absolute atomic E-state index is 0.0331. The molecular formula is C16H19FN4O2. The smallest absolute Gasteiger partial charge is 0.315 e. The van der Waals surface area contributed by atoms with E-state index in [4.69, 9.17) is 0 Å². The highest BCUT2D eigenvalue weighted by atomic mass is 19.1. The van der Waals surface area contributed by atoms with E-state index >= 15 is 0 Å². The molecule has 2 amide bonds.